The van der Waals surface area contributed by atoms with Gasteiger partial charge in [0.1, 0.15) is 6.07 Å². The number of amides is 2. The van der Waals surface area contributed by atoms with Crippen molar-refractivity contribution in [1.82, 2.24) is 5.43 Å². The number of nitrogens with zero attached hydrogens (tertiary/aromatic N) is 2. The molecule has 8 nitrogen and oxygen atoms in total. The van der Waals surface area contributed by atoms with Crippen LogP contribution in [0, 0.1) is 11.3 Å². The molecule has 8 heteroatoms. The van der Waals surface area contributed by atoms with E-state index in [9.17, 15) is 9.59 Å². The first kappa shape index (κ1) is 19.5. The van der Waals surface area contributed by atoms with Crippen LogP contribution in [0.15, 0.2) is 47.6 Å². The topological polar surface area (TPSA) is 113 Å². The van der Waals surface area contributed by atoms with Crippen LogP contribution in [0.4, 0.5) is 5.69 Å². The molecule has 0 atom stereocenters. The predicted octanol–water partition coefficient (Wildman–Crippen LogP) is 2.32. The maximum absolute atomic E-state index is 12.1. The van der Waals surface area contributed by atoms with Gasteiger partial charge in [-0.2, -0.15) is 10.4 Å². The number of hydrogen-bond donors (Lipinski definition) is 2. The van der Waals surface area contributed by atoms with Gasteiger partial charge in [0.2, 0.25) is 5.91 Å². The van der Waals surface area contributed by atoms with E-state index in [4.69, 9.17) is 14.7 Å². The van der Waals surface area contributed by atoms with Crippen LogP contribution in [0.3, 0.4) is 0 Å². The number of nitriles is 1. The van der Waals surface area contributed by atoms with Gasteiger partial charge in [-0.1, -0.05) is 0 Å². The lowest BCUT2D eigenvalue weighted by Crippen LogP contribution is -2.17. The highest BCUT2D eigenvalue weighted by Gasteiger charge is 2.06. The molecule has 0 aliphatic carbocycles. The largest absolute Gasteiger partial charge is 0.493 e. The average molecular weight is 366 g/mol. The summed E-state index contributed by atoms with van der Waals surface area (Å²) in [5, 5.41) is 15.1. The minimum atomic E-state index is -0.387. The molecule has 0 fully saturated rings. The zero-order valence-electron chi connectivity index (χ0n) is 14.9. The van der Waals surface area contributed by atoms with Crippen molar-refractivity contribution in [1.29, 1.82) is 5.26 Å². The Morgan fingerprint density at radius 3 is 2.56 bits per heavy atom. The van der Waals surface area contributed by atoms with Crippen molar-refractivity contribution >= 4 is 23.7 Å². The van der Waals surface area contributed by atoms with Crippen LogP contribution < -0.4 is 20.2 Å². The summed E-state index contributed by atoms with van der Waals surface area (Å²) in [4.78, 5) is 23.1. The molecule has 27 heavy (non-hydrogen) atoms. The highest BCUT2D eigenvalue weighted by atomic mass is 16.5. The smallest absolute Gasteiger partial charge is 0.271 e. The van der Waals surface area contributed by atoms with Gasteiger partial charge in [0, 0.05) is 18.2 Å². The lowest BCUT2D eigenvalue weighted by molar-refractivity contribution is -0.114. The average Bonchev–Trinajstić information content (AvgIpc) is 2.66. The summed E-state index contributed by atoms with van der Waals surface area (Å²) in [6.45, 7) is 1.33. The van der Waals surface area contributed by atoms with Gasteiger partial charge in [-0.15, -0.1) is 0 Å². The first-order valence-electron chi connectivity index (χ1n) is 7.92. The van der Waals surface area contributed by atoms with Crippen LogP contribution in [0.25, 0.3) is 0 Å². The van der Waals surface area contributed by atoms with E-state index in [1.165, 1.54) is 20.2 Å². The quantitative estimate of drug-likeness (QED) is 0.577. The van der Waals surface area contributed by atoms with E-state index < -0.39 is 0 Å². The van der Waals surface area contributed by atoms with Crippen molar-refractivity contribution in [3.63, 3.8) is 0 Å². The zero-order valence-corrected chi connectivity index (χ0v) is 14.9. The van der Waals surface area contributed by atoms with E-state index in [0.29, 0.717) is 28.3 Å². The van der Waals surface area contributed by atoms with Gasteiger partial charge in [-0.3, -0.25) is 9.59 Å². The molecule has 0 bridgehead atoms. The van der Waals surface area contributed by atoms with Crippen molar-refractivity contribution in [2.75, 3.05) is 19.0 Å². The molecule has 2 aromatic rings. The number of methoxy groups -OCH3 is 1. The molecule has 0 heterocycles. The minimum Gasteiger partial charge on any atom is -0.493 e. The molecule has 2 N–H and O–H groups in total. The zero-order chi connectivity index (χ0) is 19.6. The van der Waals surface area contributed by atoms with Gasteiger partial charge in [0.25, 0.3) is 5.91 Å². The normalized spacial score (nSPS) is 10.1. The summed E-state index contributed by atoms with van der Waals surface area (Å²) in [5.74, 6) is 0.325. The molecule has 0 aromatic heterocycles. The van der Waals surface area contributed by atoms with Crippen LogP contribution in [0.5, 0.6) is 11.5 Å². The van der Waals surface area contributed by atoms with Crippen LogP contribution in [-0.4, -0.2) is 31.7 Å². The fraction of sp³-hybridized carbons (Fsp3) is 0.158. The first-order chi connectivity index (χ1) is 13.0. The molecule has 0 aliphatic heterocycles. The molecule has 0 spiro atoms. The molecule has 138 valence electrons. The standard InChI is InChI=1S/C19H18N4O4/c1-13(24)22-16-6-4-15(5-7-16)19(25)23-21-12-14-3-8-17(27-10-9-20)18(11-14)26-2/h3-8,11-12H,10H2,1-2H3,(H,22,24)(H,23,25)/b21-12-. The van der Waals surface area contributed by atoms with Gasteiger partial charge >= 0.3 is 0 Å². The second-order valence-corrected chi connectivity index (χ2v) is 5.31. The number of carbonyl (C=O) groups is 2. The summed E-state index contributed by atoms with van der Waals surface area (Å²) in [6.07, 6.45) is 1.46. The molecule has 2 amide bonds. The van der Waals surface area contributed by atoms with Gasteiger partial charge in [-0.05, 0) is 48.0 Å². The number of benzene rings is 2. The summed E-state index contributed by atoms with van der Waals surface area (Å²) < 4.78 is 10.4. The fourth-order valence-electron chi connectivity index (χ4n) is 2.13. The van der Waals surface area contributed by atoms with Crippen molar-refractivity contribution in [3.8, 4) is 17.6 Å². The molecule has 0 unspecified atom stereocenters. The van der Waals surface area contributed by atoms with Crippen LogP contribution in [-0.2, 0) is 4.79 Å². The fourth-order valence-corrected chi connectivity index (χ4v) is 2.13. The van der Waals surface area contributed by atoms with E-state index >= 15 is 0 Å². The molecule has 0 radical (unpaired) electrons. The first-order valence-corrected chi connectivity index (χ1v) is 7.92. The van der Waals surface area contributed by atoms with E-state index in [2.05, 4.69) is 15.8 Å². The van der Waals surface area contributed by atoms with Crippen molar-refractivity contribution in [3.05, 3.63) is 53.6 Å². The maximum atomic E-state index is 12.1. The third-order valence-electron chi connectivity index (χ3n) is 3.33. The van der Waals surface area contributed by atoms with Crippen LogP contribution in [0.2, 0.25) is 0 Å². The van der Waals surface area contributed by atoms with Gasteiger partial charge in [-0.25, -0.2) is 5.43 Å². The Labute approximate surface area is 156 Å². The lowest BCUT2D eigenvalue weighted by atomic mass is 10.2. The summed E-state index contributed by atoms with van der Waals surface area (Å²) in [7, 11) is 1.49. The number of ether oxygens (including phenoxy) is 2. The minimum absolute atomic E-state index is 0.0828. The summed E-state index contributed by atoms with van der Waals surface area (Å²) in [5.41, 5.74) is 4.11. The van der Waals surface area contributed by atoms with E-state index in [1.54, 1.807) is 42.5 Å². The SMILES string of the molecule is COc1cc(/C=N\NC(=O)c2ccc(NC(C)=O)cc2)ccc1OCC#N. The second kappa shape index (κ2) is 9.58. The number of hydrogen-bond acceptors (Lipinski definition) is 6. The van der Waals surface area contributed by atoms with Crippen molar-refractivity contribution in [2.24, 2.45) is 5.10 Å². The van der Waals surface area contributed by atoms with Crippen LogP contribution >= 0.6 is 0 Å². The molecular formula is C19H18N4O4. The summed E-state index contributed by atoms with van der Waals surface area (Å²) in [6, 6.07) is 13.4. The van der Waals surface area contributed by atoms with E-state index in [-0.39, 0.29) is 18.4 Å². The number of anilines is 1. The second-order valence-electron chi connectivity index (χ2n) is 5.31. The third kappa shape index (κ3) is 5.86. The molecule has 2 aromatic carbocycles. The molecule has 0 aliphatic rings. The van der Waals surface area contributed by atoms with Gasteiger partial charge < -0.3 is 14.8 Å². The molecular weight excluding hydrogens is 348 g/mol. The maximum Gasteiger partial charge on any atom is 0.271 e. The highest BCUT2D eigenvalue weighted by molar-refractivity contribution is 5.96. The Hall–Kier alpha value is -3.86. The molecule has 2 rings (SSSR count). The monoisotopic (exact) mass is 366 g/mol. The van der Waals surface area contributed by atoms with Crippen molar-refractivity contribution < 1.29 is 19.1 Å². The number of rotatable bonds is 7. The highest BCUT2D eigenvalue weighted by Crippen LogP contribution is 2.27. The predicted molar refractivity (Wildman–Crippen MR) is 99.9 cm³/mol. The lowest BCUT2D eigenvalue weighted by Gasteiger charge is -2.08. The van der Waals surface area contributed by atoms with E-state index in [0.717, 1.165) is 0 Å². The molecule has 0 saturated carbocycles. The third-order valence-corrected chi connectivity index (χ3v) is 3.33. The number of nitrogens with one attached hydrogen (secondary N) is 2. The van der Waals surface area contributed by atoms with E-state index in [1.807, 2.05) is 6.07 Å². The number of carbonyl (C=O) groups excluding carboxylic acids is 2. The van der Waals surface area contributed by atoms with Crippen LogP contribution in [0.1, 0.15) is 22.8 Å². The van der Waals surface area contributed by atoms with Gasteiger partial charge in [0.15, 0.2) is 18.1 Å². The molecule has 0 saturated heterocycles. The van der Waals surface area contributed by atoms with Gasteiger partial charge in [0.05, 0.1) is 13.3 Å². The summed E-state index contributed by atoms with van der Waals surface area (Å²) >= 11 is 0. The Balaban J connectivity index is 1.99. The Bertz CT molecular complexity index is 886. The Kier molecular flexibility index (Phi) is 6.91. The Morgan fingerprint density at radius 2 is 1.93 bits per heavy atom. The Morgan fingerprint density at radius 1 is 1.19 bits per heavy atom. The van der Waals surface area contributed by atoms with Crippen molar-refractivity contribution in [2.45, 2.75) is 6.92 Å². The number of hydrazone groups is 1.